The van der Waals surface area contributed by atoms with Crippen molar-refractivity contribution in [2.75, 3.05) is 18.1 Å². The molecule has 4 heteroatoms. The van der Waals surface area contributed by atoms with Crippen LogP contribution < -0.4 is 9.64 Å². The van der Waals surface area contributed by atoms with Crippen LogP contribution in [0.3, 0.4) is 0 Å². The van der Waals surface area contributed by atoms with Crippen molar-refractivity contribution in [1.29, 1.82) is 0 Å². The highest BCUT2D eigenvalue weighted by atomic mass is 16.5. The van der Waals surface area contributed by atoms with Gasteiger partial charge in [-0.3, -0.25) is 0 Å². The molecule has 1 aliphatic rings. The molecule has 0 N–H and O–H groups in total. The van der Waals surface area contributed by atoms with Gasteiger partial charge in [-0.15, -0.1) is 0 Å². The Morgan fingerprint density at radius 3 is 2.77 bits per heavy atom. The van der Waals surface area contributed by atoms with E-state index >= 15 is 0 Å². The van der Waals surface area contributed by atoms with E-state index in [1.165, 1.54) is 11.3 Å². The normalized spacial score (nSPS) is 13.9. The number of ether oxygens (including phenoxy) is 1. The smallest absolute Gasteiger partial charge is 0.119 e. The van der Waals surface area contributed by atoms with Crippen LogP contribution in [0.15, 0.2) is 55.3 Å². The van der Waals surface area contributed by atoms with E-state index in [1.807, 2.05) is 25.4 Å². The van der Waals surface area contributed by atoms with Crippen molar-refractivity contribution in [2.24, 2.45) is 0 Å². The average molecular weight is 293 g/mol. The third-order valence-electron chi connectivity index (χ3n) is 3.58. The van der Waals surface area contributed by atoms with Gasteiger partial charge < -0.3 is 9.64 Å². The van der Waals surface area contributed by atoms with Gasteiger partial charge in [0.15, 0.2) is 0 Å². The zero-order valence-corrected chi connectivity index (χ0v) is 12.9. The lowest BCUT2D eigenvalue weighted by atomic mass is 10.1. The second-order valence-electron chi connectivity index (χ2n) is 5.15. The fraction of sp³-hybridized carbons (Fsp3) is 0.222. The Morgan fingerprint density at radius 2 is 2.05 bits per heavy atom. The molecule has 0 saturated heterocycles. The van der Waals surface area contributed by atoms with Crippen molar-refractivity contribution >= 4 is 11.3 Å². The fourth-order valence-electron chi connectivity index (χ4n) is 2.55. The van der Waals surface area contributed by atoms with Crippen LogP contribution in [0.5, 0.6) is 5.75 Å². The highest BCUT2D eigenvalue weighted by Crippen LogP contribution is 2.28. The SMILES string of the molecule is CCOc1ccc(N2C=C(c3cncnc3)C=CC2)c(C)c1. The summed E-state index contributed by atoms with van der Waals surface area (Å²) in [5, 5.41) is 0. The first kappa shape index (κ1) is 14.3. The topological polar surface area (TPSA) is 38.2 Å². The van der Waals surface area contributed by atoms with Crippen molar-refractivity contribution in [3.8, 4) is 5.75 Å². The van der Waals surface area contributed by atoms with Crippen LogP contribution in [-0.4, -0.2) is 23.1 Å². The Balaban J connectivity index is 1.89. The van der Waals surface area contributed by atoms with Gasteiger partial charge in [-0.05, 0) is 37.6 Å². The Hall–Kier alpha value is -2.62. The molecular weight excluding hydrogens is 274 g/mol. The number of benzene rings is 1. The molecular formula is C18H19N3O. The quantitative estimate of drug-likeness (QED) is 0.863. The number of hydrogen-bond donors (Lipinski definition) is 0. The summed E-state index contributed by atoms with van der Waals surface area (Å²) < 4.78 is 5.56. The summed E-state index contributed by atoms with van der Waals surface area (Å²) in [7, 11) is 0. The van der Waals surface area contributed by atoms with Crippen molar-refractivity contribution in [2.45, 2.75) is 13.8 Å². The molecule has 0 radical (unpaired) electrons. The maximum absolute atomic E-state index is 5.56. The molecule has 0 saturated carbocycles. The molecule has 0 aliphatic carbocycles. The molecule has 0 amide bonds. The van der Waals surface area contributed by atoms with Gasteiger partial charge in [0, 0.05) is 42.0 Å². The summed E-state index contributed by atoms with van der Waals surface area (Å²) in [5.74, 6) is 0.914. The number of nitrogens with zero attached hydrogens (tertiary/aromatic N) is 3. The van der Waals surface area contributed by atoms with Gasteiger partial charge >= 0.3 is 0 Å². The molecule has 0 unspecified atom stereocenters. The van der Waals surface area contributed by atoms with E-state index in [9.17, 15) is 0 Å². The molecule has 112 valence electrons. The molecule has 1 aromatic heterocycles. The van der Waals surface area contributed by atoms with E-state index in [0.717, 1.165) is 23.4 Å². The van der Waals surface area contributed by atoms with E-state index in [2.05, 4.69) is 52.3 Å². The Kier molecular flexibility index (Phi) is 4.19. The van der Waals surface area contributed by atoms with Crippen molar-refractivity contribution in [3.05, 3.63) is 66.4 Å². The molecule has 22 heavy (non-hydrogen) atoms. The van der Waals surface area contributed by atoms with E-state index in [1.54, 1.807) is 6.33 Å². The maximum atomic E-state index is 5.56. The first-order valence-corrected chi connectivity index (χ1v) is 7.42. The van der Waals surface area contributed by atoms with Gasteiger partial charge in [0.25, 0.3) is 0 Å². The van der Waals surface area contributed by atoms with Gasteiger partial charge in [-0.2, -0.15) is 0 Å². The number of aryl methyl sites for hydroxylation is 1. The fourth-order valence-corrected chi connectivity index (χ4v) is 2.55. The van der Waals surface area contributed by atoms with Crippen molar-refractivity contribution in [1.82, 2.24) is 9.97 Å². The summed E-state index contributed by atoms with van der Waals surface area (Å²) in [6.45, 7) is 5.64. The monoisotopic (exact) mass is 293 g/mol. The highest BCUT2D eigenvalue weighted by Gasteiger charge is 2.12. The first-order chi connectivity index (χ1) is 10.8. The number of allylic oxidation sites excluding steroid dienone is 2. The Labute approximate surface area is 130 Å². The Morgan fingerprint density at radius 1 is 1.23 bits per heavy atom. The minimum atomic E-state index is 0.684. The molecule has 1 aromatic carbocycles. The predicted octanol–water partition coefficient (Wildman–Crippen LogP) is 3.60. The average Bonchev–Trinajstić information content (AvgIpc) is 2.56. The summed E-state index contributed by atoms with van der Waals surface area (Å²) in [5.41, 5.74) is 4.51. The van der Waals surface area contributed by atoms with Gasteiger partial charge in [0.2, 0.25) is 0 Å². The van der Waals surface area contributed by atoms with Crippen molar-refractivity contribution < 1.29 is 4.74 Å². The third-order valence-corrected chi connectivity index (χ3v) is 3.58. The van der Waals surface area contributed by atoms with Gasteiger partial charge in [0.1, 0.15) is 12.1 Å². The zero-order valence-electron chi connectivity index (χ0n) is 12.9. The number of anilines is 1. The van der Waals surface area contributed by atoms with Crippen LogP contribution in [0.25, 0.3) is 5.57 Å². The van der Waals surface area contributed by atoms with Crippen LogP contribution >= 0.6 is 0 Å². The summed E-state index contributed by atoms with van der Waals surface area (Å²) in [6, 6.07) is 6.20. The minimum Gasteiger partial charge on any atom is -0.494 e. The van der Waals surface area contributed by atoms with E-state index in [4.69, 9.17) is 4.74 Å². The second-order valence-corrected chi connectivity index (χ2v) is 5.15. The van der Waals surface area contributed by atoms with Crippen LogP contribution in [0.4, 0.5) is 5.69 Å². The Bertz CT molecular complexity index is 708. The van der Waals surface area contributed by atoms with Gasteiger partial charge in [-0.25, -0.2) is 9.97 Å². The standard InChI is InChI=1S/C18H19N3O/c1-3-22-17-6-7-18(14(2)9-17)21-8-4-5-15(12-21)16-10-19-13-20-11-16/h4-7,9-13H,3,8H2,1-2H3. The van der Waals surface area contributed by atoms with E-state index < -0.39 is 0 Å². The summed E-state index contributed by atoms with van der Waals surface area (Å²) >= 11 is 0. The largest absolute Gasteiger partial charge is 0.494 e. The molecule has 2 aromatic rings. The lowest BCUT2D eigenvalue weighted by Gasteiger charge is -2.25. The third kappa shape index (κ3) is 3.01. The number of rotatable bonds is 4. The van der Waals surface area contributed by atoms with Crippen LogP contribution in [0, 0.1) is 6.92 Å². The molecule has 2 heterocycles. The summed E-state index contributed by atoms with van der Waals surface area (Å²) in [6.07, 6.45) is 11.6. The molecule has 3 rings (SSSR count). The lowest BCUT2D eigenvalue weighted by molar-refractivity contribution is 0.340. The molecule has 1 aliphatic heterocycles. The highest BCUT2D eigenvalue weighted by molar-refractivity contribution is 5.78. The lowest BCUT2D eigenvalue weighted by Crippen LogP contribution is -2.20. The summed E-state index contributed by atoms with van der Waals surface area (Å²) in [4.78, 5) is 10.4. The molecule has 0 fully saturated rings. The van der Waals surface area contributed by atoms with Crippen LogP contribution in [-0.2, 0) is 0 Å². The van der Waals surface area contributed by atoms with Crippen molar-refractivity contribution in [3.63, 3.8) is 0 Å². The number of hydrogen-bond acceptors (Lipinski definition) is 4. The zero-order chi connectivity index (χ0) is 15.4. The first-order valence-electron chi connectivity index (χ1n) is 7.42. The second kappa shape index (κ2) is 6.43. The van der Waals surface area contributed by atoms with E-state index in [-0.39, 0.29) is 0 Å². The predicted molar refractivity (Wildman–Crippen MR) is 88.8 cm³/mol. The van der Waals surface area contributed by atoms with Crippen LogP contribution in [0.1, 0.15) is 18.1 Å². The van der Waals surface area contributed by atoms with Gasteiger partial charge in [0.05, 0.1) is 6.61 Å². The minimum absolute atomic E-state index is 0.684. The molecule has 4 nitrogen and oxygen atoms in total. The number of aromatic nitrogens is 2. The maximum Gasteiger partial charge on any atom is 0.119 e. The molecule has 0 spiro atoms. The van der Waals surface area contributed by atoms with Gasteiger partial charge in [-0.1, -0.05) is 12.2 Å². The van der Waals surface area contributed by atoms with Crippen LogP contribution in [0.2, 0.25) is 0 Å². The van der Waals surface area contributed by atoms with E-state index in [0.29, 0.717) is 6.61 Å². The molecule has 0 bridgehead atoms. The molecule has 0 atom stereocenters.